The largest absolute Gasteiger partial charge is 0.493 e. The zero-order valence-corrected chi connectivity index (χ0v) is 12.2. The molecular formula is C17H21NO2. The Morgan fingerprint density at radius 2 is 1.80 bits per heavy atom. The van der Waals surface area contributed by atoms with Gasteiger partial charge in [-0.1, -0.05) is 36.4 Å². The minimum atomic E-state index is 0.284. The van der Waals surface area contributed by atoms with Crippen molar-refractivity contribution in [1.29, 1.82) is 0 Å². The van der Waals surface area contributed by atoms with Gasteiger partial charge in [0.05, 0.1) is 7.11 Å². The molecule has 20 heavy (non-hydrogen) atoms. The lowest BCUT2D eigenvalue weighted by molar-refractivity contribution is 0.284. The normalized spacial score (nSPS) is 11.9. The van der Waals surface area contributed by atoms with Crippen LogP contribution in [0.3, 0.4) is 0 Å². The number of hydrogen-bond donors (Lipinski definition) is 1. The Bertz CT molecular complexity index is 540. The highest BCUT2D eigenvalue weighted by Crippen LogP contribution is 2.30. The van der Waals surface area contributed by atoms with Crippen LogP contribution in [0, 0.1) is 0 Å². The third-order valence-electron chi connectivity index (χ3n) is 3.36. The number of methoxy groups -OCH3 is 1. The van der Waals surface area contributed by atoms with Crippen LogP contribution in [-0.2, 0) is 6.61 Å². The van der Waals surface area contributed by atoms with Crippen LogP contribution < -0.4 is 14.8 Å². The molecule has 0 saturated carbocycles. The molecule has 1 N–H and O–H groups in total. The lowest BCUT2D eigenvalue weighted by Crippen LogP contribution is -2.12. The van der Waals surface area contributed by atoms with Crippen molar-refractivity contribution >= 4 is 0 Å². The maximum absolute atomic E-state index is 5.84. The van der Waals surface area contributed by atoms with Gasteiger partial charge >= 0.3 is 0 Å². The summed E-state index contributed by atoms with van der Waals surface area (Å²) in [5.74, 6) is 1.53. The highest BCUT2D eigenvalue weighted by atomic mass is 16.5. The first kappa shape index (κ1) is 14.4. The van der Waals surface area contributed by atoms with E-state index in [0.717, 1.165) is 17.1 Å². The molecule has 0 radical (unpaired) electrons. The van der Waals surface area contributed by atoms with Gasteiger partial charge in [0.15, 0.2) is 11.5 Å². The quantitative estimate of drug-likeness (QED) is 0.871. The highest BCUT2D eigenvalue weighted by molar-refractivity contribution is 5.43. The molecule has 0 bridgehead atoms. The van der Waals surface area contributed by atoms with Gasteiger partial charge in [-0.2, -0.15) is 0 Å². The average molecular weight is 271 g/mol. The van der Waals surface area contributed by atoms with E-state index < -0.39 is 0 Å². The summed E-state index contributed by atoms with van der Waals surface area (Å²) in [4.78, 5) is 0. The first-order valence-electron chi connectivity index (χ1n) is 6.76. The molecule has 2 aromatic rings. The standard InChI is InChI=1S/C17H21NO2/c1-13(18-2)15-9-10-16(17(11-15)19-3)20-12-14-7-5-4-6-8-14/h4-11,13,18H,12H2,1-3H3/t13-/m1/s1. The van der Waals surface area contributed by atoms with Crippen molar-refractivity contribution in [2.45, 2.75) is 19.6 Å². The van der Waals surface area contributed by atoms with E-state index in [0.29, 0.717) is 6.61 Å². The lowest BCUT2D eigenvalue weighted by Gasteiger charge is -2.15. The van der Waals surface area contributed by atoms with E-state index in [-0.39, 0.29) is 6.04 Å². The number of hydrogen-bond acceptors (Lipinski definition) is 3. The second-order valence-corrected chi connectivity index (χ2v) is 4.69. The van der Waals surface area contributed by atoms with E-state index in [1.807, 2.05) is 49.5 Å². The summed E-state index contributed by atoms with van der Waals surface area (Å²) in [6.45, 7) is 2.65. The van der Waals surface area contributed by atoms with E-state index in [1.54, 1.807) is 7.11 Å². The molecule has 1 atom stereocenters. The predicted octanol–water partition coefficient (Wildman–Crippen LogP) is 3.55. The molecule has 0 unspecified atom stereocenters. The van der Waals surface area contributed by atoms with Crippen LogP contribution in [-0.4, -0.2) is 14.2 Å². The van der Waals surface area contributed by atoms with Crippen LogP contribution in [0.2, 0.25) is 0 Å². The second-order valence-electron chi connectivity index (χ2n) is 4.69. The summed E-state index contributed by atoms with van der Waals surface area (Å²) in [5.41, 5.74) is 2.32. The van der Waals surface area contributed by atoms with Gasteiger partial charge in [-0.3, -0.25) is 0 Å². The fraction of sp³-hybridized carbons (Fsp3) is 0.294. The molecule has 2 aromatic carbocycles. The molecular weight excluding hydrogens is 250 g/mol. The van der Waals surface area contributed by atoms with E-state index in [4.69, 9.17) is 9.47 Å². The van der Waals surface area contributed by atoms with Crippen molar-refractivity contribution in [1.82, 2.24) is 5.32 Å². The maximum atomic E-state index is 5.84. The molecule has 3 heteroatoms. The molecule has 0 amide bonds. The van der Waals surface area contributed by atoms with Crippen molar-refractivity contribution < 1.29 is 9.47 Å². The van der Waals surface area contributed by atoms with Crippen molar-refractivity contribution in [2.75, 3.05) is 14.2 Å². The van der Waals surface area contributed by atoms with Crippen molar-refractivity contribution in [3.63, 3.8) is 0 Å². The summed E-state index contributed by atoms with van der Waals surface area (Å²) in [6.07, 6.45) is 0. The first-order chi connectivity index (χ1) is 9.74. The SMILES string of the molecule is CN[C@H](C)c1ccc(OCc2ccccc2)c(OC)c1. The number of benzene rings is 2. The van der Waals surface area contributed by atoms with Crippen LogP contribution >= 0.6 is 0 Å². The van der Waals surface area contributed by atoms with E-state index in [9.17, 15) is 0 Å². The number of nitrogens with one attached hydrogen (secondary N) is 1. The van der Waals surface area contributed by atoms with Gasteiger partial charge in [0, 0.05) is 6.04 Å². The summed E-state index contributed by atoms with van der Waals surface area (Å²) < 4.78 is 11.3. The smallest absolute Gasteiger partial charge is 0.161 e. The molecule has 0 spiro atoms. The van der Waals surface area contributed by atoms with Crippen molar-refractivity contribution in [3.05, 3.63) is 59.7 Å². The van der Waals surface area contributed by atoms with Gasteiger partial charge in [-0.05, 0) is 37.2 Å². The van der Waals surface area contributed by atoms with E-state index in [2.05, 4.69) is 18.3 Å². The van der Waals surface area contributed by atoms with Crippen LogP contribution in [0.25, 0.3) is 0 Å². The molecule has 106 valence electrons. The fourth-order valence-corrected chi connectivity index (χ4v) is 1.97. The van der Waals surface area contributed by atoms with Crippen molar-refractivity contribution in [3.8, 4) is 11.5 Å². The predicted molar refractivity (Wildman–Crippen MR) is 81.2 cm³/mol. The van der Waals surface area contributed by atoms with Gasteiger partial charge in [0.25, 0.3) is 0 Å². The minimum Gasteiger partial charge on any atom is -0.493 e. The highest BCUT2D eigenvalue weighted by Gasteiger charge is 2.09. The maximum Gasteiger partial charge on any atom is 0.161 e. The fourth-order valence-electron chi connectivity index (χ4n) is 1.97. The Balaban J connectivity index is 2.11. The summed E-state index contributed by atoms with van der Waals surface area (Å²) in [5, 5.41) is 3.21. The van der Waals surface area contributed by atoms with E-state index >= 15 is 0 Å². The first-order valence-corrected chi connectivity index (χ1v) is 6.76. The number of ether oxygens (including phenoxy) is 2. The van der Waals surface area contributed by atoms with Crippen molar-refractivity contribution in [2.24, 2.45) is 0 Å². The molecule has 0 aliphatic heterocycles. The Morgan fingerprint density at radius 1 is 1.05 bits per heavy atom. The molecule has 0 fully saturated rings. The molecule has 2 rings (SSSR count). The Labute approximate surface area is 120 Å². The van der Waals surface area contributed by atoms with Gasteiger partial charge in [-0.25, -0.2) is 0 Å². The molecule has 0 aliphatic carbocycles. The molecule has 0 aliphatic rings. The molecule has 0 saturated heterocycles. The van der Waals surface area contributed by atoms with E-state index in [1.165, 1.54) is 5.56 Å². The monoisotopic (exact) mass is 271 g/mol. The van der Waals surface area contributed by atoms with Gasteiger partial charge in [0.1, 0.15) is 6.61 Å². The zero-order chi connectivity index (χ0) is 14.4. The molecule has 3 nitrogen and oxygen atoms in total. The summed E-state index contributed by atoms with van der Waals surface area (Å²) in [6, 6.07) is 16.4. The van der Waals surface area contributed by atoms with Gasteiger partial charge < -0.3 is 14.8 Å². The Hall–Kier alpha value is -2.00. The minimum absolute atomic E-state index is 0.284. The Kier molecular flexibility index (Phi) is 5.02. The Morgan fingerprint density at radius 3 is 2.45 bits per heavy atom. The molecule has 0 heterocycles. The van der Waals surface area contributed by atoms with Crippen LogP contribution in [0.5, 0.6) is 11.5 Å². The van der Waals surface area contributed by atoms with Gasteiger partial charge in [0.2, 0.25) is 0 Å². The average Bonchev–Trinajstić information content (AvgIpc) is 2.53. The van der Waals surface area contributed by atoms with Crippen LogP contribution in [0.15, 0.2) is 48.5 Å². The summed E-state index contributed by atoms with van der Waals surface area (Å²) >= 11 is 0. The third-order valence-corrected chi connectivity index (χ3v) is 3.36. The lowest BCUT2D eigenvalue weighted by atomic mass is 10.1. The topological polar surface area (TPSA) is 30.5 Å². The summed E-state index contributed by atoms with van der Waals surface area (Å²) in [7, 11) is 3.61. The second kappa shape index (κ2) is 6.96. The van der Waals surface area contributed by atoms with Gasteiger partial charge in [-0.15, -0.1) is 0 Å². The van der Waals surface area contributed by atoms with Crippen LogP contribution in [0.4, 0.5) is 0 Å². The zero-order valence-electron chi connectivity index (χ0n) is 12.2. The number of rotatable bonds is 6. The molecule has 0 aromatic heterocycles. The van der Waals surface area contributed by atoms with Crippen LogP contribution in [0.1, 0.15) is 24.1 Å². The third kappa shape index (κ3) is 3.52.